The van der Waals surface area contributed by atoms with Crippen LogP contribution in [0.5, 0.6) is 5.75 Å². The van der Waals surface area contributed by atoms with Crippen LogP contribution >= 0.6 is 11.3 Å². The summed E-state index contributed by atoms with van der Waals surface area (Å²) in [5.74, 6) is -0.456. The van der Waals surface area contributed by atoms with E-state index < -0.39 is 5.82 Å². The lowest BCUT2D eigenvalue weighted by atomic mass is 10.2. The predicted octanol–water partition coefficient (Wildman–Crippen LogP) is 5.05. The van der Waals surface area contributed by atoms with Gasteiger partial charge >= 0.3 is 0 Å². The molecular weight excluding hydrogens is 382 g/mol. The van der Waals surface area contributed by atoms with E-state index in [0.717, 1.165) is 0 Å². The van der Waals surface area contributed by atoms with Gasteiger partial charge in [-0.2, -0.15) is 0 Å². The third-order valence-electron chi connectivity index (χ3n) is 3.87. The molecular formula is C21H20F2N2O2S. The average molecular weight is 402 g/mol. The highest BCUT2D eigenvalue weighted by atomic mass is 32.1. The summed E-state index contributed by atoms with van der Waals surface area (Å²) in [4.78, 5) is 16.3. The first-order valence-corrected chi connectivity index (χ1v) is 9.71. The van der Waals surface area contributed by atoms with Crippen LogP contribution in [0.2, 0.25) is 0 Å². The minimum atomic E-state index is -0.500. The van der Waals surface area contributed by atoms with Gasteiger partial charge in [0.1, 0.15) is 34.7 Å². The van der Waals surface area contributed by atoms with E-state index in [-0.39, 0.29) is 24.0 Å². The van der Waals surface area contributed by atoms with Gasteiger partial charge in [0.05, 0.1) is 0 Å². The number of rotatable bonds is 7. The molecule has 28 heavy (non-hydrogen) atoms. The number of carbonyl (C=O) groups excluding carboxylic acids is 1. The van der Waals surface area contributed by atoms with Crippen molar-refractivity contribution >= 4 is 17.2 Å². The first-order chi connectivity index (χ1) is 13.4. The molecule has 3 aromatic rings. The molecule has 146 valence electrons. The molecule has 0 aliphatic rings. The zero-order chi connectivity index (χ0) is 20.1. The molecule has 0 spiro atoms. The molecule has 7 heteroatoms. The number of amides is 1. The van der Waals surface area contributed by atoms with Crippen LogP contribution in [0.1, 0.15) is 29.9 Å². The van der Waals surface area contributed by atoms with Crippen molar-refractivity contribution in [3.8, 4) is 16.3 Å². The summed E-state index contributed by atoms with van der Waals surface area (Å²) in [7, 11) is 0. The van der Waals surface area contributed by atoms with Gasteiger partial charge in [-0.3, -0.25) is 4.79 Å². The lowest BCUT2D eigenvalue weighted by Gasteiger charge is -2.08. The molecule has 0 aliphatic heterocycles. The molecule has 0 atom stereocenters. The van der Waals surface area contributed by atoms with Crippen molar-refractivity contribution in [3.05, 3.63) is 70.7 Å². The summed E-state index contributed by atoms with van der Waals surface area (Å²) in [6.07, 6.45) is 0. The van der Waals surface area contributed by atoms with Gasteiger partial charge in [-0.05, 0) is 35.7 Å². The SMILES string of the molecule is CC(C)CNC(=O)c1csc(-c2ccc(OCc3cccc(F)c3)cc2F)n1. The Balaban J connectivity index is 1.68. The van der Waals surface area contributed by atoms with E-state index in [1.807, 2.05) is 13.8 Å². The number of halogens is 2. The van der Waals surface area contributed by atoms with Crippen LogP contribution < -0.4 is 10.1 Å². The number of ether oxygens (including phenoxy) is 1. The third kappa shape index (κ3) is 5.13. The van der Waals surface area contributed by atoms with Gasteiger partial charge in [0.15, 0.2) is 0 Å². The lowest BCUT2D eigenvalue weighted by Crippen LogP contribution is -2.27. The molecule has 0 saturated heterocycles. The van der Waals surface area contributed by atoms with Crippen molar-refractivity contribution in [2.45, 2.75) is 20.5 Å². The highest BCUT2D eigenvalue weighted by Crippen LogP contribution is 2.29. The fourth-order valence-corrected chi connectivity index (χ4v) is 3.27. The molecule has 0 unspecified atom stereocenters. The first kappa shape index (κ1) is 19.9. The Morgan fingerprint density at radius 1 is 1.21 bits per heavy atom. The fraction of sp³-hybridized carbons (Fsp3) is 0.238. The molecule has 2 aromatic carbocycles. The van der Waals surface area contributed by atoms with Gasteiger partial charge in [0.2, 0.25) is 0 Å². The number of thiazole rings is 1. The Morgan fingerprint density at radius 2 is 2.04 bits per heavy atom. The molecule has 0 bridgehead atoms. The first-order valence-electron chi connectivity index (χ1n) is 8.83. The van der Waals surface area contributed by atoms with Crippen LogP contribution in [0.15, 0.2) is 47.8 Å². The molecule has 1 amide bonds. The monoisotopic (exact) mass is 402 g/mol. The van der Waals surface area contributed by atoms with Crippen LogP contribution in [0.25, 0.3) is 10.6 Å². The predicted molar refractivity (Wildman–Crippen MR) is 105 cm³/mol. The van der Waals surface area contributed by atoms with Crippen LogP contribution in [-0.4, -0.2) is 17.4 Å². The second kappa shape index (κ2) is 8.93. The van der Waals surface area contributed by atoms with Crippen LogP contribution in [-0.2, 0) is 6.61 Å². The van der Waals surface area contributed by atoms with Gasteiger partial charge < -0.3 is 10.1 Å². The molecule has 1 aromatic heterocycles. The lowest BCUT2D eigenvalue weighted by molar-refractivity contribution is 0.0945. The zero-order valence-corrected chi connectivity index (χ0v) is 16.4. The number of carbonyl (C=O) groups is 1. The van der Waals surface area contributed by atoms with Crippen LogP contribution in [0, 0.1) is 17.6 Å². The van der Waals surface area contributed by atoms with E-state index in [1.165, 1.54) is 29.5 Å². The summed E-state index contributed by atoms with van der Waals surface area (Å²) in [5.41, 5.74) is 1.22. The molecule has 0 aliphatic carbocycles. The third-order valence-corrected chi connectivity index (χ3v) is 4.75. The van der Waals surface area contributed by atoms with Crippen molar-refractivity contribution in [1.29, 1.82) is 0 Å². The Bertz CT molecular complexity index is 973. The molecule has 4 nitrogen and oxygen atoms in total. The second-order valence-electron chi connectivity index (χ2n) is 6.70. The number of benzene rings is 2. The Kier molecular flexibility index (Phi) is 6.36. The van der Waals surface area contributed by atoms with E-state index in [9.17, 15) is 13.6 Å². The van der Waals surface area contributed by atoms with Crippen molar-refractivity contribution < 1.29 is 18.3 Å². The molecule has 3 rings (SSSR count). The van der Waals surface area contributed by atoms with E-state index in [4.69, 9.17) is 4.74 Å². The summed E-state index contributed by atoms with van der Waals surface area (Å²) in [5, 5.41) is 4.82. The van der Waals surface area contributed by atoms with E-state index >= 15 is 0 Å². The van der Waals surface area contributed by atoms with Gasteiger partial charge in [0, 0.05) is 23.6 Å². The summed E-state index contributed by atoms with van der Waals surface area (Å²) in [6, 6.07) is 10.5. The molecule has 0 radical (unpaired) electrons. The summed E-state index contributed by atoms with van der Waals surface area (Å²) >= 11 is 1.20. The van der Waals surface area contributed by atoms with Crippen molar-refractivity contribution in [2.75, 3.05) is 6.54 Å². The molecule has 0 saturated carbocycles. The second-order valence-corrected chi connectivity index (χ2v) is 7.56. The maximum absolute atomic E-state index is 14.5. The number of aromatic nitrogens is 1. The molecule has 1 N–H and O–H groups in total. The molecule has 1 heterocycles. The Labute approximate surface area is 166 Å². The number of hydrogen-bond acceptors (Lipinski definition) is 4. The highest BCUT2D eigenvalue weighted by Gasteiger charge is 2.15. The maximum atomic E-state index is 14.5. The smallest absolute Gasteiger partial charge is 0.270 e. The highest BCUT2D eigenvalue weighted by molar-refractivity contribution is 7.13. The minimum absolute atomic E-state index is 0.133. The molecule has 0 fully saturated rings. The van der Waals surface area contributed by atoms with Gasteiger partial charge in [-0.1, -0.05) is 26.0 Å². The van der Waals surface area contributed by atoms with Crippen molar-refractivity contribution in [3.63, 3.8) is 0 Å². The van der Waals surface area contributed by atoms with Gasteiger partial charge in [0.25, 0.3) is 5.91 Å². The summed E-state index contributed by atoms with van der Waals surface area (Å²) < 4.78 is 33.2. The number of nitrogens with one attached hydrogen (secondary N) is 1. The maximum Gasteiger partial charge on any atom is 0.270 e. The van der Waals surface area contributed by atoms with E-state index in [1.54, 1.807) is 29.6 Å². The minimum Gasteiger partial charge on any atom is -0.489 e. The van der Waals surface area contributed by atoms with Crippen LogP contribution in [0.3, 0.4) is 0 Å². The van der Waals surface area contributed by atoms with Gasteiger partial charge in [-0.25, -0.2) is 13.8 Å². The quantitative estimate of drug-likeness (QED) is 0.601. The normalized spacial score (nSPS) is 10.9. The standard InChI is InChI=1S/C21H20F2N2O2S/c1-13(2)10-24-20(26)19-12-28-21(25-19)17-7-6-16(9-18(17)23)27-11-14-4-3-5-15(22)8-14/h3-9,12-13H,10-11H2,1-2H3,(H,24,26). The topological polar surface area (TPSA) is 51.2 Å². The van der Waals surface area contributed by atoms with Gasteiger partial charge in [-0.15, -0.1) is 11.3 Å². The number of nitrogens with zero attached hydrogens (tertiary/aromatic N) is 1. The largest absolute Gasteiger partial charge is 0.489 e. The van der Waals surface area contributed by atoms with E-state index in [0.29, 0.717) is 34.3 Å². The average Bonchev–Trinajstić information content (AvgIpc) is 3.14. The van der Waals surface area contributed by atoms with Crippen LogP contribution in [0.4, 0.5) is 8.78 Å². The fourth-order valence-electron chi connectivity index (χ4n) is 2.44. The van der Waals surface area contributed by atoms with Crippen molar-refractivity contribution in [2.24, 2.45) is 5.92 Å². The number of hydrogen-bond donors (Lipinski definition) is 1. The van der Waals surface area contributed by atoms with Crippen molar-refractivity contribution in [1.82, 2.24) is 10.3 Å². The van der Waals surface area contributed by atoms with E-state index in [2.05, 4.69) is 10.3 Å². The Morgan fingerprint density at radius 3 is 2.75 bits per heavy atom. The zero-order valence-electron chi connectivity index (χ0n) is 15.5. The summed E-state index contributed by atoms with van der Waals surface area (Å²) in [6.45, 7) is 4.69. The Hall–Kier alpha value is -2.80.